The summed E-state index contributed by atoms with van der Waals surface area (Å²) in [4.78, 5) is 0. The summed E-state index contributed by atoms with van der Waals surface area (Å²) in [7, 11) is 0. The fourth-order valence-corrected chi connectivity index (χ4v) is 7.88. The number of hydrogen-bond acceptors (Lipinski definition) is 2. The highest BCUT2D eigenvalue weighted by Gasteiger charge is 2.40. The van der Waals surface area contributed by atoms with E-state index in [0.717, 1.165) is 48.9 Å². The van der Waals surface area contributed by atoms with Crippen LogP contribution in [0.5, 0.6) is 0 Å². The van der Waals surface area contributed by atoms with Gasteiger partial charge in [0.1, 0.15) is 0 Å². The van der Waals surface area contributed by atoms with Gasteiger partial charge in [-0.3, -0.25) is 0 Å². The molecule has 42 heavy (non-hydrogen) atoms. The molecule has 0 heterocycles. The lowest BCUT2D eigenvalue weighted by Gasteiger charge is -2.44. The van der Waals surface area contributed by atoms with E-state index in [1.54, 1.807) is 0 Å². The van der Waals surface area contributed by atoms with Crippen LogP contribution in [-0.4, -0.2) is 0 Å². The Morgan fingerprint density at radius 3 is 1.14 bits per heavy atom. The van der Waals surface area contributed by atoms with Crippen LogP contribution in [0.25, 0.3) is 0 Å². The molecule has 0 radical (unpaired) electrons. The average molecular weight is 557 g/mol. The third-order valence-corrected chi connectivity index (χ3v) is 10.6. The van der Waals surface area contributed by atoms with E-state index in [2.05, 4.69) is 72.8 Å². The van der Waals surface area contributed by atoms with Gasteiger partial charge in [-0.2, -0.15) is 0 Å². The van der Waals surface area contributed by atoms with Crippen LogP contribution in [0.4, 0.5) is 11.4 Å². The van der Waals surface area contributed by atoms with Gasteiger partial charge in [0.05, 0.1) is 0 Å². The van der Waals surface area contributed by atoms with Gasteiger partial charge in [0, 0.05) is 16.8 Å². The van der Waals surface area contributed by atoms with E-state index in [1.807, 2.05) is 24.3 Å². The summed E-state index contributed by atoms with van der Waals surface area (Å²) in [6, 6.07) is 36.0. The predicted molar refractivity (Wildman–Crippen MR) is 179 cm³/mol. The van der Waals surface area contributed by atoms with E-state index in [1.165, 1.54) is 91.2 Å². The first-order valence-electron chi connectivity index (χ1n) is 16.5. The lowest BCUT2D eigenvalue weighted by atomic mass is 9.60. The van der Waals surface area contributed by atoms with E-state index in [-0.39, 0.29) is 5.41 Å². The second kappa shape index (κ2) is 13.2. The Hall–Kier alpha value is -3.52. The summed E-state index contributed by atoms with van der Waals surface area (Å²) < 4.78 is 0. The maximum Gasteiger partial charge on any atom is 0.0314 e. The molecular weight excluding hydrogens is 508 g/mol. The molecule has 6 rings (SSSR count). The molecule has 4 aromatic rings. The van der Waals surface area contributed by atoms with Crippen molar-refractivity contribution in [3.8, 4) is 0 Å². The van der Waals surface area contributed by atoms with Crippen LogP contribution in [0.3, 0.4) is 0 Å². The van der Waals surface area contributed by atoms with Crippen molar-refractivity contribution < 1.29 is 0 Å². The third kappa shape index (κ3) is 6.75. The molecule has 2 aliphatic rings. The zero-order valence-electron chi connectivity index (χ0n) is 25.2. The molecule has 0 spiro atoms. The molecule has 2 nitrogen and oxygen atoms in total. The van der Waals surface area contributed by atoms with Crippen LogP contribution in [0.1, 0.15) is 91.2 Å². The van der Waals surface area contributed by atoms with Gasteiger partial charge >= 0.3 is 0 Å². The number of hydrogen-bond donors (Lipinski definition) is 2. The van der Waals surface area contributed by atoms with Crippen LogP contribution in [-0.2, 0) is 31.1 Å². The lowest BCUT2D eigenvalue weighted by molar-refractivity contribution is 0.163. The van der Waals surface area contributed by atoms with Crippen molar-refractivity contribution in [2.24, 2.45) is 11.8 Å². The Labute approximate surface area is 253 Å². The molecule has 0 atom stereocenters. The average Bonchev–Trinajstić information content (AvgIpc) is 3.05. The Balaban J connectivity index is 1.19. The van der Waals surface area contributed by atoms with Crippen LogP contribution in [0.2, 0.25) is 0 Å². The number of anilines is 2. The number of aryl methyl sites for hydroxylation is 4. The zero-order chi connectivity index (χ0) is 28.8. The van der Waals surface area contributed by atoms with Crippen molar-refractivity contribution in [3.05, 3.63) is 130 Å². The van der Waals surface area contributed by atoms with Crippen LogP contribution in [0.15, 0.2) is 97.1 Å². The molecule has 0 bridgehead atoms. The Morgan fingerprint density at radius 2 is 0.762 bits per heavy atom. The van der Waals surface area contributed by atoms with E-state index in [4.69, 9.17) is 11.5 Å². The first-order chi connectivity index (χ1) is 20.6. The highest BCUT2D eigenvalue weighted by atomic mass is 14.5. The quantitative estimate of drug-likeness (QED) is 0.202. The minimum Gasteiger partial charge on any atom is -0.399 e. The van der Waals surface area contributed by atoms with Crippen molar-refractivity contribution in [1.82, 2.24) is 0 Å². The van der Waals surface area contributed by atoms with Gasteiger partial charge in [-0.1, -0.05) is 105 Å². The van der Waals surface area contributed by atoms with Crippen molar-refractivity contribution in [2.75, 3.05) is 11.5 Å². The molecule has 0 unspecified atom stereocenters. The highest BCUT2D eigenvalue weighted by Crippen LogP contribution is 2.50. The Kier molecular flexibility index (Phi) is 8.98. The van der Waals surface area contributed by atoms with E-state index in [9.17, 15) is 0 Å². The second-order valence-corrected chi connectivity index (χ2v) is 13.2. The van der Waals surface area contributed by atoms with Gasteiger partial charge in [-0.15, -0.1) is 0 Å². The summed E-state index contributed by atoms with van der Waals surface area (Å²) in [6.45, 7) is 0. The van der Waals surface area contributed by atoms with Crippen molar-refractivity contribution in [2.45, 2.75) is 88.9 Å². The summed E-state index contributed by atoms with van der Waals surface area (Å²) in [5.74, 6) is 1.87. The SMILES string of the molecule is Nc1ccc(CCc2ccc(C3(c4ccc(CCc5ccc(N)cc5)cc4)CCC(C4CCCCC4)CC3)cc2)cc1. The molecule has 2 saturated carbocycles. The van der Waals surface area contributed by atoms with Crippen LogP contribution < -0.4 is 11.5 Å². The first kappa shape index (κ1) is 28.6. The van der Waals surface area contributed by atoms with Gasteiger partial charge in [0.2, 0.25) is 0 Å². The molecular formula is C40H48N2. The van der Waals surface area contributed by atoms with Gasteiger partial charge in [0.25, 0.3) is 0 Å². The maximum atomic E-state index is 5.88. The van der Waals surface area contributed by atoms with Gasteiger partial charge < -0.3 is 11.5 Å². The highest BCUT2D eigenvalue weighted by molar-refractivity contribution is 5.43. The maximum absolute atomic E-state index is 5.88. The predicted octanol–water partition coefficient (Wildman–Crippen LogP) is 9.48. The summed E-state index contributed by atoms with van der Waals surface area (Å²) >= 11 is 0. The van der Waals surface area contributed by atoms with E-state index in [0.29, 0.717) is 0 Å². The number of benzene rings is 4. The fourth-order valence-electron chi connectivity index (χ4n) is 7.88. The number of nitrogens with two attached hydrogens (primary N) is 2. The molecule has 4 aromatic carbocycles. The molecule has 4 N–H and O–H groups in total. The van der Waals surface area contributed by atoms with Crippen LogP contribution in [0, 0.1) is 11.8 Å². The van der Waals surface area contributed by atoms with Gasteiger partial charge in [0.15, 0.2) is 0 Å². The Morgan fingerprint density at radius 1 is 0.429 bits per heavy atom. The minimum atomic E-state index is 0.121. The van der Waals surface area contributed by atoms with Crippen molar-refractivity contribution in [1.29, 1.82) is 0 Å². The summed E-state index contributed by atoms with van der Waals surface area (Å²) in [5, 5.41) is 0. The second-order valence-electron chi connectivity index (χ2n) is 13.2. The molecule has 2 fully saturated rings. The molecule has 0 aliphatic heterocycles. The first-order valence-corrected chi connectivity index (χ1v) is 16.5. The molecule has 0 aromatic heterocycles. The monoisotopic (exact) mass is 556 g/mol. The third-order valence-electron chi connectivity index (χ3n) is 10.6. The zero-order valence-corrected chi connectivity index (χ0v) is 25.2. The fraction of sp³-hybridized carbons (Fsp3) is 0.400. The largest absolute Gasteiger partial charge is 0.399 e. The molecule has 2 heteroatoms. The molecule has 0 saturated heterocycles. The smallest absolute Gasteiger partial charge is 0.0314 e. The molecule has 0 amide bonds. The van der Waals surface area contributed by atoms with E-state index < -0.39 is 0 Å². The van der Waals surface area contributed by atoms with Crippen LogP contribution >= 0.6 is 0 Å². The number of rotatable bonds is 9. The molecule has 2 aliphatic carbocycles. The van der Waals surface area contributed by atoms with Crippen molar-refractivity contribution in [3.63, 3.8) is 0 Å². The lowest BCUT2D eigenvalue weighted by Crippen LogP contribution is -2.35. The van der Waals surface area contributed by atoms with Gasteiger partial charge in [-0.05, 0) is 121 Å². The van der Waals surface area contributed by atoms with E-state index >= 15 is 0 Å². The summed E-state index contributed by atoms with van der Waals surface area (Å²) in [6.07, 6.45) is 16.7. The standard InChI is InChI=1S/C40H48N2/c41-38-22-14-32(15-23-38)8-6-30-10-18-36(19-11-30)40(28-26-35(27-29-40)34-4-2-1-3-5-34)37-20-12-31(13-21-37)7-9-33-16-24-39(42)25-17-33/h10-25,34-35H,1-9,26-29,41-42H2. The molecule has 218 valence electrons. The topological polar surface area (TPSA) is 52.0 Å². The normalized spacial score (nSPS) is 17.7. The summed E-state index contributed by atoms with van der Waals surface area (Å²) in [5.41, 5.74) is 22.1. The Bertz CT molecular complexity index is 1290. The number of nitrogen functional groups attached to an aromatic ring is 2. The van der Waals surface area contributed by atoms with Crippen molar-refractivity contribution >= 4 is 11.4 Å². The minimum absolute atomic E-state index is 0.121. The van der Waals surface area contributed by atoms with Gasteiger partial charge in [-0.25, -0.2) is 0 Å².